The van der Waals surface area contributed by atoms with Crippen LogP contribution < -0.4 is 5.32 Å². The first-order valence-corrected chi connectivity index (χ1v) is 7.13. The highest BCUT2D eigenvalue weighted by molar-refractivity contribution is 5.41. The highest BCUT2D eigenvalue weighted by atomic mass is 15.2. The van der Waals surface area contributed by atoms with E-state index >= 15 is 0 Å². The van der Waals surface area contributed by atoms with Crippen LogP contribution in [0.5, 0.6) is 0 Å². The Morgan fingerprint density at radius 3 is 2.84 bits per heavy atom. The molecular weight excluding hydrogens is 232 g/mol. The molecule has 1 heterocycles. The maximum atomic E-state index is 3.99. The molecule has 1 unspecified atom stereocenters. The number of hydrogen-bond acceptors (Lipinski definition) is 2. The van der Waals surface area contributed by atoms with Gasteiger partial charge in [-0.2, -0.15) is 0 Å². The smallest absolute Gasteiger partial charge is 0.0596 e. The molecule has 0 aromatic heterocycles. The van der Waals surface area contributed by atoms with Crippen molar-refractivity contribution < 1.29 is 0 Å². The number of nitrogens with zero attached hydrogens (tertiary/aromatic N) is 1. The van der Waals surface area contributed by atoms with Gasteiger partial charge in [0.2, 0.25) is 0 Å². The number of allylic oxidation sites excluding steroid dienone is 5. The van der Waals surface area contributed by atoms with E-state index in [0.29, 0.717) is 6.04 Å². The van der Waals surface area contributed by atoms with Gasteiger partial charge in [-0.05, 0) is 24.5 Å². The Balaban J connectivity index is 2.27. The van der Waals surface area contributed by atoms with Crippen LogP contribution in [0, 0.1) is 0 Å². The van der Waals surface area contributed by atoms with E-state index in [2.05, 4.69) is 60.2 Å². The van der Waals surface area contributed by atoms with Gasteiger partial charge in [-0.15, -0.1) is 0 Å². The molecule has 0 aromatic rings. The molecule has 2 nitrogen and oxygen atoms in total. The van der Waals surface area contributed by atoms with Crippen molar-refractivity contribution in [2.75, 3.05) is 26.2 Å². The third kappa shape index (κ3) is 3.55. The number of rotatable bonds is 4. The van der Waals surface area contributed by atoms with Crippen molar-refractivity contribution in [2.24, 2.45) is 0 Å². The summed E-state index contributed by atoms with van der Waals surface area (Å²) in [5.41, 5.74) is 2.69. The van der Waals surface area contributed by atoms with Crippen LogP contribution in [0.1, 0.15) is 13.3 Å². The number of nitrogens with one attached hydrogen (secondary N) is 1. The summed E-state index contributed by atoms with van der Waals surface area (Å²) in [7, 11) is 0. The molecule has 0 amide bonds. The Labute approximate surface area is 116 Å². The van der Waals surface area contributed by atoms with Crippen LogP contribution in [0.4, 0.5) is 0 Å². The topological polar surface area (TPSA) is 15.3 Å². The standard InChI is InChI=1S/C17H24N2/c1-3-15(4-2)17(19-13-11-18-12-14-19)16-9-7-5-6-8-10-16/h3-7,9-10,17-18H,1,8,11-14H2,2H3/b15-4+. The third-order valence-corrected chi connectivity index (χ3v) is 3.74. The summed E-state index contributed by atoms with van der Waals surface area (Å²) in [6, 6.07) is 0.348. The van der Waals surface area contributed by atoms with E-state index in [1.807, 2.05) is 6.08 Å². The van der Waals surface area contributed by atoms with Crippen molar-refractivity contribution >= 4 is 0 Å². The molecule has 0 bridgehead atoms. The molecule has 19 heavy (non-hydrogen) atoms. The van der Waals surface area contributed by atoms with Crippen molar-refractivity contribution in [3.05, 3.63) is 60.3 Å². The summed E-state index contributed by atoms with van der Waals surface area (Å²) in [6.07, 6.45) is 16.2. The van der Waals surface area contributed by atoms with E-state index in [1.165, 1.54) is 11.1 Å². The predicted octanol–water partition coefficient (Wildman–Crippen LogP) is 2.84. The second kappa shape index (κ2) is 7.27. The maximum Gasteiger partial charge on any atom is 0.0596 e. The van der Waals surface area contributed by atoms with Crippen molar-refractivity contribution in [2.45, 2.75) is 19.4 Å². The summed E-state index contributed by atoms with van der Waals surface area (Å²) >= 11 is 0. The van der Waals surface area contributed by atoms with Gasteiger partial charge >= 0.3 is 0 Å². The minimum absolute atomic E-state index is 0.348. The first-order chi connectivity index (χ1) is 9.36. The molecule has 2 aliphatic rings. The van der Waals surface area contributed by atoms with Gasteiger partial charge < -0.3 is 5.32 Å². The number of piperazine rings is 1. The lowest BCUT2D eigenvalue weighted by molar-refractivity contribution is 0.218. The Bertz CT molecular complexity index is 421. The largest absolute Gasteiger partial charge is 0.314 e. The molecule has 1 saturated heterocycles. The normalized spacial score (nSPS) is 22.8. The minimum atomic E-state index is 0.348. The zero-order valence-corrected chi connectivity index (χ0v) is 11.8. The molecule has 1 fully saturated rings. The van der Waals surface area contributed by atoms with Crippen molar-refractivity contribution in [3.63, 3.8) is 0 Å². The van der Waals surface area contributed by atoms with Crippen molar-refractivity contribution in [1.29, 1.82) is 0 Å². The highest BCUT2D eigenvalue weighted by Crippen LogP contribution is 2.23. The summed E-state index contributed by atoms with van der Waals surface area (Å²) in [5, 5.41) is 3.42. The zero-order chi connectivity index (χ0) is 13.5. The van der Waals surface area contributed by atoms with Crippen LogP contribution >= 0.6 is 0 Å². The minimum Gasteiger partial charge on any atom is -0.314 e. The lowest BCUT2D eigenvalue weighted by Crippen LogP contribution is -2.49. The van der Waals surface area contributed by atoms with Gasteiger partial charge in [0.25, 0.3) is 0 Å². The average Bonchev–Trinajstić information content (AvgIpc) is 2.74. The first-order valence-electron chi connectivity index (χ1n) is 7.13. The average molecular weight is 256 g/mol. The Morgan fingerprint density at radius 2 is 2.16 bits per heavy atom. The van der Waals surface area contributed by atoms with Crippen molar-refractivity contribution in [3.8, 4) is 0 Å². The Hall–Kier alpha value is -1.38. The maximum absolute atomic E-state index is 3.99. The second-order valence-corrected chi connectivity index (χ2v) is 4.91. The van der Waals surface area contributed by atoms with Gasteiger partial charge in [0.05, 0.1) is 6.04 Å². The monoisotopic (exact) mass is 256 g/mol. The lowest BCUT2D eigenvalue weighted by Gasteiger charge is -2.36. The molecule has 1 aliphatic heterocycles. The van der Waals surface area contributed by atoms with Crippen LogP contribution in [0.15, 0.2) is 60.3 Å². The van der Waals surface area contributed by atoms with E-state index in [-0.39, 0.29) is 0 Å². The fourth-order valence-electron chi connectivity index (χ4n) is 2.74. The van der Waals surface area contributed by atoms with E-state index in [1.54, 1.807) is 0 Å². The van der Waals surface area contributed by atoms with Crippen molar-refractivity contribution in [1.82, 2.24) is 10.2 Å². The molecule has 1 atom stereocenters. The molecule has 102 valence electrons. The summed E-state index contributed by atoms with van der Waals surface area (Å²) in [6.45, 7) is 10.4. The fourth-order valence-corrected chi connectivity index (χ4v) is 2.74. The summed E-state index contributed by atoms with van der Waals surface area (Å²) in [4.78, 5) is 2.55. The van der Waals surface area contributed by atoms with E-state index in [9.17, 15) is 0 Å². The van der Waals surface area contributed by atoms with Crippen LogP contribution in [-0.4, -0.2) is 37.1 Å². The molecule has 0 radical (unpaired) electrons. The Kier molecular flexibility index (Phi) is 5.37. The summed E-state index contributed by atoms with van der Waals surface area (Å²) in [5.74, 6) is 0. The van der Waals surface area contributed by atoms with Crippen LogP contribution in [0.2, 0.25) is 0 Å². The molecule has 2 heteroatoms. The van der Waals surface area contributed by atoms with Gasteiger partial charge in [0.1, 0.15) is 0 Å². The van der Waals surface area contributed by atoms with Gasteiger partial charge in [-0.3, -0.25) is 4.90 Å². The molecular formula is C17H24N2. The van der Waals surface area contributed by atoms with E-state index < -0.39 is 0 Å². The molecule has 0 aromatic carbocycles. The SMILES string of the molecule is C=C/C(=C\C)C(C1=CCC=CC=C1)N1CCNCC1. The quantitative estimate of drug-likeness (QED) is 0.778. The fraction of sp³-hybridized carbons (Fsp3) is 0.412. The second-order valence-electron chi connectivity index (χ2n) is 4.91. The van der Waals surface area contributed by atoms with Gasteiger partial charge in [0.15, 0.2) is 0 Å². The van der Waals surface area contributed by atoms with Crippen LogP contribution in [-0.2, 0) is 0 Å². The zero-order valence-electron chi connectivity index (χ0n) is 11.8. The molecule has 1 N–H and O–H groups in total. The third-order valence-electron chi connectivity index (χ3n) is 3.74. The molecule has 0 spiro atoms. The molecule has 0 saturated carbocycles. The lowest BCUT2D eigenvalue weighted by atomic mass is 9.95. The van der Waals surface area contributed by atoms with Crippen LogP contribution in [0.3, 0.4) is 0 Å². The highest BCUT2D eigenvalue weighted by Gasteiger charge is 2.24. The predicted molar refractivity (Wildman–Crippen MR) is 83.2 cm³/mol. The van der Waals surface area contributed by atoms with Gasteiger partial charge in [0, 0.05) is 26.2 Å². The van der Waals surface area contributed by atoms with Gasteiger partial charge in [-0.1, -0.05) is 49.1 Å². The van der Waals surface area contributed by atoms with E-state index in [0.717, 1.165) is 32.6 Å². The van der Waals surface area contributed by atoms with E-state index in [4.69, 9.17) is 0 Å². The first kappa shape index (κ1) is 14.0. The number of hydrogen-bond donors (Lipinski definition) is 1. The van der Waals surface area contributed by atoms with Crippen LogP contribution in [0.25, 0.3) is 0 Å². The summed E-state index contributed by atoms with van der Waals surface area (Å²) < 4.78 is 0. The molecule has 2 rings (SSSR count). The Morgan fingerprint density at radius 1 is 1.37 bits per heavy atom. The van der Waals surface area contributed by atoms with Gasteiger partial charge in [-0.25, -0.2) is 0 Å². The molecule has 1 aliphatic carbocycles.